The van der Waals surface area contributed by atoms with E-state index in [9.17, 15) is 15.3 Å². The molecule has 0 saturated heterocycles. The SMILES string of the molecule is Oc1c(-c2ccccc2)cccc1-c1cc2ccccc2c(-c2c(O)c(Br)cc3ccccc23)c1O. The second-order valence-electron chi connectivity index (χ2n) is 8.74. The quantitative estimate of drug-likeness (QED) is 0.213. The first-order valence-corrected chi connectivity index (χ1v) is 12.4. The smallest absolute Gasteiger partial charge is 0.138 e. The number of rotatable bonds is 3. The van der Waals surface area contributed by atoms with Crippen LogP contribution in [0.25, 0.3) is 54.9 Å². The van der Waals surface area contributed by atoms with Gasteiger partial charge < -0.3 is 15.3 Å². The molecule has 0 unspecified atom stereocenters. The van der Waals surface area contributed by atoms with Crippen LogP contribution in [0.3, 0.4) is 0 Å². The van der Waals surface area contributed by atoms with Crippen LogP contribution in [0.5, 0.6) is 17.2 Å². The third kappa shape index (κ3) is 3.50. The van der Waals surface area contributed by atoms with Crippen LogP contribution in [-0.4, -0.2) is 15.3 Å². The Bertz CT molecular complexity index is 1770. The lowest BCUT2D eigenvalue weighted by molar-refractivity contribution is 0.467. The van der Waals surface area contributed by atoms with Gasteiger partial charge in [-0.25, -0.2) is 0 Å². The summed E-state index contributed by atoms with van der Waals surface area (Å²) in [5.74, 6) is 0.130. The highest BCUT2D eigenvalue weighted by Gasteiger charge is 2.23. The molecule has 0 spiro atoms. The van der Waals surface area contributed by atoms with Gasteiger partial charge in [-0.2, -0.15) is 0 Å². The molecule has 0 atom stereocenters. The van der Waals surface area contributed by atoms with E-state index in [0.29, 0.717) is 32.3 Å². The van der Waals surface area contributed by atoms with Crippen LogP contribution in [0.4, 0.5) is 0 Å². The van der Waals surface area contributed by atoms with Gasteiger partial charge in [-0.05, 0) is 55.2 Å². The van der Waals surface area contributed by atoms with E-state index >= 15 is 0 Å². The van der Waals surface area contributed by atoms with Crippen LogP contribution >= 0.6 is 15.9 Å². The van der Waals surface area contributed by atoms with Gasteiger partial charge in [0.15, 0.2) is 0 Å². The normalized spacial score (nSPS) is 11.2. The minimum Gasteiger partial charge on any atom is -0.507 e. The molecule has 6 aromatic rings. The molecule has 0 radical (unpaired) electrons. The average Bonchev–Trinajstić information content (AvgIpc) is 2.91. The number of hydrogen-bond acceptors (Lipinski definition) is 3. The minimum absolute atomic E-state index is 0.00670. The average molecular weight is 533 g/mol. The maximum absolute atomic E-state index is 11.8. The lowest BCUT2D eigenvalue weighted by Gasteiger charge is -2.19. The molecule has 0 bridgehead atoms. The summed E-state index contributed by atoms with van der Waals surface area (Å²) in [4.78, 5) is 0. The van der Waals surface area contributed by atoms with Crippen LogP contribution < -0.4 is 0 Å². The third-order valence-electron chi connectivity index (χ3n) is 6.66. The van der Waals surface area contributed by atoms with Crippen molar-refractivity contribution in [3.63, 3.8) is 0 Å². The van der Waals surface area contributed by atoms with Crippen molar-refractivity contribution in [3.05, 3.63) is 114 Å². The number of para-hydroxylation sites is 1. The molecule has 0 heterocycles. The van der Waals surface area contributed by atoms with E-state index in [1.165, 1.54) is 0 Å². The second-order valence-corrected chi connectivity index (χ2v) is 9.59. The van der Waals surface area contributed by atoms with Gasteiger partial charge in [0, 0.05) is 27.8 Å². The number of aromatic hydroxyl groups is 3. The van der Waals surface area contributed by atoms with E-state index in [4.69, 9.17) is 0 Å². The first-order chi connectivity index (χ1) is 17.5. The molecule has 6 aromatic carbocycles. The van der Waals surface area contributed by atoms with Crippen molar-refractivity contribution >= 4 is 37.5 Å². The number of fused-ring (bicyclic) bond motifs is 2. The molecule has 0 aliphatic rings. The van der Waals surface area contributed by atoms with E-state index < -0.39 is 0 Å². The topological polar surface area (TPSA) is 60.7 Å². The minimum atomic E-state index is -0.00670. The number of benzene rings is 6. The molecule has 0 fully saturated rings. The van der Waals surface area contributed by atoms with Gasteiger partial charge >= 0.3 is 0 Å². The highest BCUT2D eigenvalue weighted by Crippen LogP contribution is 2.52. The molecule has 3 nitrogen and oxygen atoms in total. The molecule has 174 valence electrons. The van der Waals surface area contributed by atoms with Crippen molar-refractivity contribution in [3.8, 4) is 50.6 Å². The van der Waals surface area contributed by atoms with Gasteiger partial charge in [-0.1, -0.05) is 97.1 Å². The first-order valence-electron chi connectivity index (χ1n) is 11.6. The Kier molecular flexibility index (Phi) is 5.39. The summed E-state index contributed by atoms with van der Waals surface area (Å²) in [5, 5.41) is 37.8. The third-order valence-corrected chi connectivity index (χ3v) is 7.26. The Hall–Kier alpha value is -4.28. The largest absolute Gasteiger partial charge is 0.507 e. The Morgan fingerprint density at radius 3 is 1.69 bits per heavy atom. The number of phenols is 3. The van der Waals surface area contributed by atoms with Crippen molar-refractivity contribution in [2.75, 3.05) is 0 Å². The Morgan fingerprint density at radius 1 is 0.444 bits per heavy atom. The number of halogens is 1. The van der Waals surface area contributed by atoms with Gasteiger partial charge in [0.2, 0.25) is 0 Å². The van der Waals surface area contributed by atoms with Gasteiger partial charge in [-0.3, -0.25) is 0 Å². The molecule has 3 N–H and O–H groups in total. The predicted octanol–water partition coefficient (Wildman–Crippen LogP) is 8.87. The van der Waals surface area contributed by atoms with Gasteiger partial charge in [-0.15, -0.1) is 0 Å². The number of phenolic OH excluding ortho intramolecular Hbond substituents is 3. The van der Waals surface area contributed by atoms with Crippen molar-refractivity contribution in [2.24, 2.45) is 0 Å². The summed E-state index contributed by atoms with van der Waals surface area (Å²) in [6.07, 6.45) is 0. The fourth-order valence-corrected chi connectivity index (χ4v) is 5.41. The Balaban J connectivity index is 1.72. The molecule has 0 amide bonds. The maximum Gasteiger partial charge on any atom is 0.138 e. The summed E-state index contributed by atoms with van der Waals surface area (Å²) >= 11 is 3.49. The second kappa shape index (κ2) is 8.74. The van der Waals surface area contributed by atoms with E-state index in [2.05, 4.69) is 15.9 Å². The summed E-state index contributed by atoms with van der Waals surface area (Å²) in [6, 6.07) is 34.5. The fourth-order valence-electron chi connectivity index (χ4n) is 4.96. The molecule has 36 heavy (non-hydrogen) atoms. The lowest BCUT2D eigenvalue weighted by atomic mass is 9.88. The summed E-state index contributed by atoms with van der Waals surface area (Å²) in [6.45, 7) is 0. The Labute approximate surface area is 216 Å². The van der Waals surface area contributed by atoms with Crippen LogP contribution in [0.2, 0.25) is 0 Å². The van der Waals surface area contributed by atoms with Gasteiger partial charge in [0.25, 0.3) is 0 Å². The van der Waals surface area contributed by atoms with Crippen molar-refractivity contribution in [2.45, 2.75) is 0 Å². The molecule has 0 aliphatic carbocycles. The van der Waals surface area contributed by atoms with Crippen molar-refractivity contribution in [1.82, 2.24) is 0 Å². The van der Waals surface area contributed by atoms with Gasteiger partial charge in [0.05, 0.1) is 4.47 Å². The Morgan fingerprint density at radius 2 is 1.00 bits per heavy atom. The fraction of sp³-hybridized carbons (Fsp3) is 0. The van der Waals surface area contributed by atoms with E-state index in [-0.39, 0.29) is 17.2 Å². The molecule has 0 saturated carbocycles. The first kappa shape index (κ1) is 22.2. The highest BCUT2D eigenvalue weighted by atomic mass is 79.9. The van der Waals surface area contributed by atoms with Crippen molar-refractivity contribution in [1.29, 1.82) is 0 Å². The standard InChI is InChI=1S/C32H21BrO3/c33-27-18-21-12-5-7-14-23(21)29(32(27)36)28-22-13-6-4-11-20(22)17-26(31(28)35)25-16-8-15-24(30(25)34)19-9-2-1-3-10-19/h1-18,34-36H. The summed E-state index contributed by atoms with van der Waals surface area (Å²) < 4.78 is 0.541. The van der Waals surface area contributed by atoms with Crippen LogP contribution in [-0.2, 0) is 0 Å². The zero-order valence-corrected chi connectivity index (χ0v) is 20.7. The van der Waals surface area contributed by atoms with Crippen molar-refractivity contribution < 1.29 is 15.3 Å². The zero-order valence-electron chi connectivity index (χ0n) is 19.1. The van der Waals surface area contributed by atoms with Crippen LogP contribution in [0.15, 0.2) is 114 Å². The van der Waals surface area contributed by atoms with Crippen LogP contribution in [0, 0.1) is 0 Å². The van der Waals surface area contributed by atoms with Gasteiger partial charge in [0.1, 0.15) is 17.2 Å². The number of hydrogen-bond donors (Lipinski definition) is 3. The summed E-state index contributed by atoms with van der Waals surface area (Å²) in [5.41, 5.74) is 3.62. The molecular formula is C32H21BrO3. The van der Waals surface area contributed by atoms with E-state index in [0.717, 1.165) is 27.1 Å². The van der Waals surface area contributed by atoms with Crippen LogP contribution in [0.1, 0.15) is 0 Å². The van der Waals surface area contributed by atoms with E-state index in [1.807, 2.05) is 103 Å². The summed E-state index contributed by atoms with van der Waals surface area (Å²) in [7, 11) is 0. The highest BCUT2D eigenvalue weighted by molar-refractivity contribution is 9.10. The lowest BCUT2D eigenvalue weighted by Crippen LogP contribution is -1.91. The van der Waals surface area contributed by atoms with E-state index in [1.54, 1.807) is 6.07 Å². The molecular weight excluding hydrogens is 512 g/mol. The monoisotopic (exact) mass is 532 g/mol. The molecule has 4 heteroatoms. The maximum atomic E-state index is 11.8. The molecule has 0 aromatic heterocycles. The zero-order chi connectivity index (χ0) is 24.8. The molecule has 6 rings (SSSR count). The predicted molar refractivity (Wildman–Crippen MR) is 150 cm³/mol. The molecule has 0 aliphatic heterocycles.